The third-order valence-corrected chi connectivity index (χ3v) is 4.63. The van der Waals surface area contributed by atoms with Crippen LogP contribution in [0.1, 0.15) is 23.7 Å². The Hall–Kier alpha value is -1.68. The molecule has 2 heterocycles. The number of benzene rings is 1. The first-order valence-electron chi connectivity index (χ1n) is 6.45. The lowest BCUT2D eigenvalue weighted by molar-refractivity contribution is -0.124. The quantitative estimate of drug-likeness (QED) is 0.801. The van der Waals surface area contributed by atoms with Crippen molar-refractivity contribution in [2.24, 2.45) is 5.92 Å². The largest absolute Gasteiger partial charge is 0.337 e. The zero-order chi connectivity index (χ0) is 13.4. The Balaban J connectivity index is 1.90. The second-order valence-electron chi connectivity index (χ2n) is 5.01. The Morgan fingerprint density at radius 3 is 2.95 bits per heavy atom. The van der Waals surface area contributed by atoms with Crippen molar-refractivity contribution in [3.63, 3.8) is 0 Å². The summed E-state index contributed by atoms with van der Waals surface area (Å²) in [5.41, 5.74) is 0.766. The Morgan fingerprint density at radius 2 is 2.16 bits per heavy atom. The van der Waals surface area contributed by atoms with Crippen molar-refractivity contribution in [3.8, 4) is 0 Å². The van der Waals surface area contributed by atoms with Crippen LogP contribution in [0.25, 0.3) is 10.1 Å². The number of ketones is 1. The van der Waals surface area contributed by atoms with Crippen LogP contribution in [0.15, 0.2) is 29.6 Å². The molecular weight excluding hydrogens is 258 g/mol. The van der Waals surface area contributed by atoms with Gasteiger partial charge in [-0.2, -0.15) is 0 Å². The van der Waals surface area contributed by atoms with E-state index in [2.05, 4.69) is 0 Å². The summed E-state index contributed by atoms with van der Waals surface area (Å²) in [6.07, 6.45) is 0.481. The highest BCUT2D eigenvalue weighted by atomic mass is 32.1. The smallest absolute Gasteiger partial charge is 0.255 e. The van der Waals surface area contributed by atoms with Gasteiger partial charge in [0.05, 0.1) is 5.56 Å². The van der Waals surface area contributed by atoms with Crippen LogP contribution < -0.4 is 0 Å². The minimum Gasteiger partial charge on any atom is -0.337 e. The van der Waals surface area contributed by atoms with E-state index in [1.165, 1.54) is 0 Å². The first-order valence-corrected chi connectivity index (χ1v) is 7.33. The van der Waals surface area contributed by atoms with Gasteiger partial charge in [0.25, 0.3) is 5.91 Å². The summed E-state index contributed by atoms with van der Waals surface area (Å²) in [5.74, 6) is 0.277. The standard InChI is InChI=1S/C15H15NO2S/c1-10-8-16(7-6-13(10)17)15(18)12-9-19-14-5-3-2-4-11(12)14/h2-5,9-10H,6-8H2,1H3. The number of nitrogens with zero attached hydrogens (tertiary/aromatic N) is 1. The number of carbonyl (C=O) groups is 2. The molecule has 3 rings (SSSR count). The summed E-state index contributed by atoms with van der Waals surface area (Å²) < 4.78 is 1.13. The van der Waals surface area contributed by atoms with Crippen LogP contribution in [-0.4, -0.2) is 29.7 Å². The molecule has 1 atom stereocenters. The summed E-state index contributed by atoms with van der Waals surface area (Å²) in [6.45, 7) is 2.99. The van der Waals surface area contributed by atoms with E-state index in [0.29, 0.717) is 19.5 Å². The van der Waals surface area contributed by atoms with Crippen molar-refractivity contribution >= 4 is 33.1 Å². The molecule has 19 heavy (non-hydrogen) atoms. The topological polar surface area (TPSA) is 37.4 Å². The lowest BCUT2D eigenvalue weighted by atomic mass is 9.98. The average Bonchev–Trinajstić information content (AvgIpc) is 2.85. The maximum absolute atomic E-state index is 12.5. The number of Topliss-reactive ketones (excluding diaryl/α,β-unsaturated/α-hetero) is 1. The van der Waals surface area contributed by atoms with Crippen LogP contribution in [0, 0.1) is 5.92 Å². The summed E-state index contributed by atoms with van der Waals surface area (Å²) in [4.78, 5) is 25.9. The van der Waals surface area contributed by atoms with Gasteiger partial charge in [-0.25, -0.2) is 0 Å². The summed E-state index contributed by atoms with van der Waals surface area (Å²) in [7, 11) is 0. The summed E-state index contributed by atoms with van der Waals surface area (Å²) in [6, 6.07) is 7.94. The Morgan fingerprint density at radius 1 is 1.37 bits per heavy atom. The second-order valence-corrected chi connectivity index (χ2v) is 5.93. The number of hydrogen-bond donors (Lipinski definition) is 0. The van der Waals surface area contributed by atoms with Gasteiger partial charge in [0.15, 0.2) is 0 Å². The molecule has 1 aromatic carbocycles. The maximum atomic E-state index is 12.5. The maximum Gasteiger partial charge on any atom is 0.255 e. The number of carbonyl (C=O) groups excluding carboxylic acids is 2. The third-order valence-electron chi connectivity index (χ3n) is 3.67. The molecule has 0 bridgehead atoms. The minimum atomic E-state index is -0.0393. The van der Waals surface area contributed by atoms with Gasteiger partial charge in [-0.15, -0.1) is 11.3 Å². The average molecular weight is 273 g/mol. The van der Waals surface area contributed by atoms with Crippen molar-refractivity contribution in [2.45, 2.75) is 13.3 Å². The number of thiophene rings is 1. The van der Waals surface area contributed by atoms with E-state index in [-0.39, 0.29) is 17.6 Å². The number of piperidine rings is 1. The molecular formula is C15H15NO2S. The van der Waals surface area contributed by atoms with Crippen molar-refractivity contribution in [1.29, 1.82) is 0 Å². The first kappa shape index (κ1) is 12.4. The van der Waals surface area contributed by atoms with E-state index in [4.69, 9.17) is 0 Å². The normalized spacial score (nSPS) is 19.9. The van der Waals surface area contributed by atoms with Crippen LogP contribution in [-0.2, 0) is 4.79 Å². The number of fused-ring (bicyclic) bond motifs is 1. The SMILES string of the molecule is CC1CN(C(=O)c2csc3ccccc23)CCC1=O. The lowest BCUT2D eigenvalue weighted by Crippen LogP contribution is -2.43. The van der Waals surface area contributed by atoms with Crippen LogP contribution in [0.5, 0.6) is 0 Å². The van der Waals surface area contributed by atoms with Gasteiger partial charge in [-0.1, -0.05) is 25.1 Å². The molecule has 1 aromatic heterocycles. The molecule has 1 aliphatic rings. The van der Waals surface area contributed by atoms with Gasteiger partial charge in [-0.3, -0.25) is 9.59 Å². The molecule has 1 aliphatic heterocycles. The van der Waals surface area contributed by atoms with E-state index in [1.54, 1.807) is 16.2 Å². The molecule has 0 radical (unpaired) electrons. The number of hydrogen-bond acceptors (Lipinski definition) is 3. The minimum absolute atomic E-state index is 0.0393. The monoisotopic (exact) mass is 273 g/mol. The van der Waals surface area contributed by atoms with Crippen molar-refractivity contribution < 1.29 is 9.59 Å². The number of amides is 1. The van der Waals surface area contributed by atoms with Crippen LogP contribution >= 0.6 is 11.3 Å². The lowest BCUT2D eigenvalue weighted by Gasteiger charge is -2.29. The van der Waals surface area contributed by atoms with Crippen molar-refractivity contribution in [1.82, 2.24) is 4.90 Å². The molecule has 2 aromatic rings. The Labute approximate surface area is 115 Å². The van der Waals surface area contributed by atoms with Gasteiger partial charge in [-0.05, 0) is 6.07 Å². The molecule has 1 amide bonds. The third kappa shape index (κ3) is 2.16. The molecule has 0 N–H and O–H groups in total. The predicted octanol–water partition coefficient (Wildman–Crippen LogP) is 2.95. The molecule has 0 spiro atoms. The fourth-order valence-electron chi connectivity index (χ4n) is 2.51. The Kier molecular flexibility index (Phi) is 3.11. The van der Waals surface area contributed by atoms with Crippen LogP contribution in [0.4, 0.5) is 0 Å². The first-order chi connectivity index (χ1) is 9.16. The molecule has 1 unspecified atom stereocenters. The van der Waals surface area contributed by atoms with Crippen molar-refractivity contribution in [2.75, 3.05) is 13.1 Å². The molecule has 1 fully saturated rings. The highest BCUT2D eigenvalue weighted by Crippen LogP contribution is 2.27. The number of rotatable bonds is 1. The van der Waals surface area contributed by atoms with E-state index in [9.17, 15) is 9.59 Å². The van der Waals surface area contributed by atoms with E-state index in [0.717, 1.165) is 15.6 Å². The fraction of sp³-hybridized carbons (Fsp3) is 0.333. The van der Waals surface area contributed by atoms with Gasteiger partial charge in [0.1, 0.15) is 5.78 Å². The zero-order valence-corrected chi connectivity index (χ0v) is 11.6. The highest BCUT2D eigenvalue weighted by Gasteiger charge is 2.28. The fourth-order valence-corrected chi connectivity index (χ4v) is 3.45. The Bertz CT molecular complexity index is 646. The van der Waals surface area contributed by atoms with Gasteiger partial charge in [0.2, 0.25) is 0 Å². The van der Waals surface area contributed by atoms with Crippen LogP contribution in [0.3, 0.4) is 0 Å². The summed E-state index contributed by atoms with van der Waals surface area (Å²) >= 11 is 1.59. The molecule has 98 valence electrons. The predicted molar refractivity (Wildman–Crippen MR) is 76.5 cm³/mol. The van der Waals surface area contributed by atoms with Gasteiger partial charge < -0.3 is 4.90 Å². The molecule has 3 nitrogen and oxygen atoms in total. The van der Waals surface area contributed by atoms with Gasteiger partial charge >= 0.3 is 0 Å². The van der Waals surface area contributed by atoms with Crippen LogP contribution in [0.2, 0.25) is 0 Å². The molecule has 0 saturated carbocycles. The van der Waals surface area contributed by atoms with E-state index >= 15 is 0 Å². The zero-order valence-electron chi connectivity index (χ0n) is 10.8. The number of likely N-dealkylation sites (tertiary alicyclic amines) is 1. The second kappa shape index (κ2) is 4.78. The molecule has 4 heteroatoms. The molecule has 0 aliphatic carbocycles. The summed E-state index contributed by atoms with van der Waals surface area (Å²) in [5, 5.41) is 2.94. The van der Waals surface area contributed by atoms with E-state index < -0.39 is 0 Å². The van der Waals surface area contributed by atoms with Gasteiger partial charge in [0, 0.05) is 40.9 Å². The highest BCUT2D eigenvalue weighted by molar-refractivity contribution is 7.17. The van der Waals surface area contributed by atoms with Crippen molar-refractivity contribution in [3.05, 3.63) is 35.2 Å². The molecule has 1 saturated heterocycles. The van der Waals surface area contributed by atoms with E-state index in [1.807, 2.05) is 36.6 Å².